The fraction of sp³-hybridized carbons (Fsp3) is 0.263. The second-order valence-electron chi connectivity index (χ2n) is 5.47. The Hall–Kier alpha value is -1.69. The number of rotatable bonds is 5. The van der Waals surface area contributed by atoms with Gasteiger partial charge in [0, 0.05) is 29.6 Å². The topological polar surface area (TPSA) is 38.4 Å². The first kappa shape index (κ1) is 16.2. The molecular weight excluding hydrogens is 399 g/mol. The second-order valence-corrected chi connectivity index (χ2v) is 6.55. The van der Waals surface area contributed by atoms with Gasteiger partial charge in [-0.15, -0.1) is 0 Å². The molecule has 0 aliphatic carbocycles. The maximum atomic E-state index is 6.17. The molecule has 0 atom stereocenters. The molecule has 3 rings (SSSR count). The number of pyridine rings is 1. The summed E-state index contributed by atoms with van der Waals surface area (Å²) >= 11 is 2.36. The Bertz CT molecular complexity index is 856. The number of hydrogen-bond acceptors (Lipinski definition) is 3. The first-order chi connectivity index (χ1) is 11.3. The van der Waals surface area contributed by atoms with E-state index in [2.05, 4.69) is 34.5 Å². The lowest BCUT2D eigenvalue weighted by Gasteiger charge is -2.07. The molecule has 0 fully saturated rings. The number of benzene rings is 1. The molecule has 3 nitrogen and oxygen atoms in total. The zero-order valence-electron chi connectivity index (χ0n) is 13.1. The summed E-state index contributed by atoms with van der Waals surface area (Å²) < 4.78 is 7.32. The molecule has 0 aliphatic heterocycles. The van der Waals surface area contributed by atoms with E-state index < -0.39 is 0 Å². The molecule has 2 aromatic heterocycles. The lowest BCUT2D eigenvalue weighted by atomic mass is 10.1. The highest BCUT2D eigenvalue weighted by Gasteiger charge is 2.10. The Labute approximate surface area is 149 Å². The smallest absolute Gasteiger partial charge is 0.227 e. The van der Waals surface area contributed by atoms with Crippen LogP contribution in [0.3, 0.4) is 0 Å². The molecule has 118 valence electrons. The number of para-hydroxylation sites is 1. The summed E-state index contributed by atoms with van der Waals surface area (Å²) in [5, 5.41) is 2.12. The molecule has 23 heavy (non-hydrogen) atoms. The molecule has 0 radical (unpaired) electrons. The van der Waals surface area contributed by atoms with Gasteiger partial charge in [-0.25, -0.2) is 4.99 Å². The van der Waals surface area contributed by atoms with Gasteiger partial charge in [0.25, 0.3) is 0 Å². The summed E-state index contributed by atoms with van der Waals surface area (Å²) in [7, 11) is 0. The van der Waals surface area contributed by atoms with E-state index in [1.54, 1.807) is 6.20 Å². The standard InChI is InChI=1S/C19H19IN2O/c1-2-3-5-10-17-18(20)16-13-21-12-11-15(16)19(23-17)22-14-8-6-4-7-9-14/h4,6-9,11-13H,2-3,5,10H2,1H3. The van der Waals surface area contributed by atoms with Gasteiger partial charge < -0.3 is 4.42 Å². The molecule has 0 unspecified atom stereocenters. The summed E-state index contributed by atoms with van der Waals surface area (Å²) in [5.41, 5.74) is 1.57. The number of aryl methyl sites for hydroxylation is 1. The van der Waals surface area contributed by atoms with E-state index >= 15 is 0 Å². The van der Waals surface area contributed by atoms with Crippen LogP contribution in [0.5, 0.6) is 0 Å². The van der Waals surface area contributed by atoms with Gasteiger partial charge >= 0.3 is 0 Å². The Morgan fingerprint density at radius 1 is 1.09 bits per heavy atom. The molecule has 0 amide bonds. The molecule has 1 aromatic carbocycles. The van der Waals surface area contributed by atoms with Crippen molar-refractivity contribution in [3.8, 4) is 0 Å². The van der Waals surface area contributed by atoms with Gasteiger partial charge in [0.05, 0.1) is 9.26 Å². The molecule has 0 N–H and O–H groups in total. The third kappa shape index (κ3) is 3.80. The molecule has 0 saturated heterocycles. The van der Waals surface area contributed by atoms with Gasteiger partial charge in [0.1, 0.15) is 5.76 Å². The number of unbranched alkanes of at least 4 members (excludes halogenated alkanes) is 2. The van der Waals surface area contributed by atoms with Crippen LogP contribution in [0, 0.1) is 3.57 Å². The van der Waals surface area contributed by atoms with Crippen LogP contribution >= 0.6 is 22.6 Å². The van der Waals surface area contributed by atoms with E-state index in [0.29, 0.717) is 5.55 Å². The van der Waals surface area contributed by atoms with Crippen molar-refractivity contribution < 1.29 is 4.42 Å². The van der Waals surface area contributed by atoms with Gasteiger partial charge in [0.15, 0.2) is 0 Å². The van der Waals surface area contributed by atoms with Crippen LogP contribution in [0.15, 0.2) is 58.2 Å². The number of hydrogen-bond donors (Lipinski definition) is 0. The van der Waals surface area contributed by atoms with E-state index in [9.17, 15) is 0 Å². The van der Waals surface area contributed by atoms with Crippen LogP contribution < -0.4 is 5.55 Å². The van der Waals surface area contributed by atoms with Crippen molar-refractivity contribution in [3.05, 3.63) is 63.7 Å². The molecule has 0 bridgehead atoms. The van der Waals surface area contributed by atoms with Gasteiger partial charge in [0.2, 0.25) is 5.55 Å². The highest BCUT2D eigenvalue weighted by molar-refractivity contribution is 14.1. The Kier molecular flexibility index (Phi) is 5.43. The fourth-order valence-corrected chi connectivity index (χ4v) is 3.33. The molecule has 4 heteroatoms. The van der Waals surface area contributed by atoms with Crippen LogP contribution in [0.25, 0.3) is 10.8 Å². The first-order valence-corrected chi connectivity index (χ1v) is 9.02. The van der Waals surface area contributed by atoms with Crippen molar-refractivity contribution in [1.82, 2.24) is 4.98 Å². The van der Waals surface area contributed by atoms with E-state index in [1.165, 1.54) is 12.8 Å². The maximum Gasteiger partial charge on any atom is 0.227 e. The molecular formula is C19H19IN2O. The minimum atomic E-state index is 0.667. The predicted octanol–water partition coefficient (Wildman–Crippen LogP) is 5.40. The van der Waals surface area contributed by atoms with Crippen molar-refractivity contribution in [2.75, 3.05) is 0 Å². The Morgan fingerprint density at radius 2 is 1.91 bits per heavy atom. The van der Waals surface area contributed by atoms with Gasteiger partial charge in [-0.05, 0) is 47.2 Å². The van der Waals surface area contributed by atoms with Crippen LogP contribution in [0.2, 0.25) is 0 Å². The van der Waals surface area contributed by atoms with Crippen molar-refractivity contribution in [2.24, 2.45) is 4.99 Å². The third-order valence-corrected chi connectivity index (χ3v) is 4.93. The third-order valence-electron chi connectivity index (χ3n) is 3.75. The zero-order chi connectivity index (χ0) is 16.1. The largest absolute Gasteiger partial charge is 0.442 e. The minimum Gasteiger partial charge on any atom is -0.442 e. The first-order valence-electron chi connectivity index (χ1n) is 7.94. The van der Waals surface area contributed by atoms with Crippen LogP contribution in [-0.4, -0.2) is 4.98 Å². The van der Waals surface area contributed by atoms with Gasteiger partial charge in [-0.3, -0.25) is 4.98 Å². The lowest BCUT2D eigenvalue weighted by Crippen LogP contribution is -2.07. The number of aromatic nitrogens is 1. The van der Waals surface area contributed by atoms with E-state index in [0.717, 1.165) is 38.6 Å². The molecule has 2 heterocycles. The van der Waals surface area contributed by atoms with Crippen molar-refractivity contribution >= 4 is 39.1 Å². The summed E-state index contributed by atoms with van der Waals surface area (Å²) in [6, 6.07) is 11.9. The highest BCUT2D eigenvalue weighted by Crippen LogP contribution is 2.23. The second kappa shape index (κ2) is 7.73. The van der Waals surface area contributed by atoms with E-state index in [-0.39, 0.29) is 0 Å². The quantitative estimate of drug-likeness (QED) is 0.411. The molecule has 0 spiro atoms. The van der Waals surface area contributed by atoms with Crippen molar-refractivity contribution in [1.29, 1.82) is 0 Å². The summed E-state index contributed by atoms with van der Waals surface area (Å²) in [6.07, 6.45) is 8.17. The zero-order valence-corrected chi connectivity index (χ0v) is 15.3. The normalized spacial score (nSPS) is 12.0. The summed E-state index contributed by atoms with van der Waals surface area (Å²) in [5.74, 6) is 1.01. The molecule has 0 aliphatic rings. The Balaban J connectivity index is 2.16. The Morgan fingerprint density at radius 3 is 2.70 bits per heavy atom. The van der Waals surface area contributed by atoms with E-state index in [4.69, 9.17) is 9.41 Å². The number of fused-ring (bicyclic) bond motifs is 1. The average molecular weight is 418 g/mol. The fourth-order valence-electron chi connectivity index (χ4n) is 2.52. The van der Waals surface area contributed by atoms with Gasteiger partial charge in [-0.1, -0.05) is 38.0 Å². The monoisotopic (exact) mass is 418 g/mol. The van der Waals surface area contributed by atoms with Crippen molar-refractivity contribution in [2.45, 2.75) is 32.6 Å². The van der Waals surface area contributed by atoms with Crippen LogP contribution in [-0.2, 0) is 6.42 Å². The molecule has 0 saturated carbocycles. The SMILES string of the molecule is CCCCCc1oc(=Nc2ccccc2)c2ccncc2c1I. The number of nitrogens with zero attached hydrogens (tertiary/aromatic N) is 2. The summed E-state index contributed by atoms with van der Waals surface area (Å²) in [4.78, 5) is 8.97. The average Bonchev–Trinajstić information content (AvgIpc) is 2.60. The molecule has 3 aromatic rings. The van der Waals surface area contributed by atoms with Crippen LogP contribution in [0.1, 0.15) is 31.9 Å². The predicted molar refractivity (Wildman–Crippen MR) is 102 cm³/mol. The lowest BCUT2D eigenvalue weighted by molar-refractivity contribution is 0.444. The summed E-state index contributed by atoms with van der Waals surface area (Å²) in [6.45, 7) is 2.21. The van der Waals surface area contributed by atoms with Crippen LogP contribution in [0.4, 0.5) is 5.69 Å². The van der Waals surface area contributed by atoms with Gasteiger partial charge in [-0.2, -0.15) is 0 Å². The maximum absolute atomic E-state index is 6.17. The van der Waals surface area contributed by atoms with Crippen molar-refractivity contribution in [3.63, 3.8) is 0 Å². The highest BCUT2D eigenvalue weighted by atomic mass is 127. The van der Waals surface area contributed by atoms with E-state index in [1.807, 2.05) is 42.6 Å². The number of halogens is 1. The minimum absolute atomic E-state index is 0.667.